The van der Waals surface area contributed by atoms with Gasteiger partial charge in [-0.15, -0.1) is 4.40 Å². The molecule has 1 unspecified atom stereocenters. The first kappa shape index (κ1) is 12.8. The molecule has 0 aromatic heterocycles. The zero-order valence-electron chi connectivity index (χ0n) is 10.1. The molecule has 0 radical (unpaired) electrons. The molecule has 0 aromatic carbocycles. The number of fused-ring (bicyclic) bond motifs is 1. The molecule has 6 nitrogen and oxygen atoms in total. The molecule has 0 fully saturated rings. The van der Waals surface area contributed by atoms with Crippen LogP contribution in [-0.4, -0.2) is 25.3 Å². The van der Waals surface area contributed by atoms with E-state index in [1.54, 1.807) is 19.9 Å². The first-order valence-electron chi connectivity index (χ1n) is 5.47. The van der Waals surface area contributed by atoms with Crippen LogP contribution in [0.3, 0.4) is 0 Å². The van der Waals surface area contributed by atoms with E-state index in [2.05, 4.69) is 9.71 Å². The van der Waals surface area contributed by atoms with Crippen molar-refractivity contribution >= 4 is 21.8 Å². The molecule has 2 N–H and O–H groups in total. The monoisotopic (exact) mass is 270 g/mol. The Morgan fingerprint density at radius 3 is 2.67 bits per heavy atom. The molecule has 0 bridgehead atoms. The number of nitrogens with one attached hydrogen (secondary N) is 1. The van der Waals surface area contributed by atoms with Gasteiger partial charge in [0.25, 0.3) is 10.0 Å². The second kappa shape index (κ2) is 3.94. The van der Waals surface area contributed by atoms with Gasteiger partial charge in [-0.05, 0) is 26.7 Å². The summed E-state index contributed by atoms with van der Waals surface area (Å²) in [6.07, 6.45) is 3.48. The Balaban J connectivity index is 2.51. The fourth-order valence-corrected chi connectivity index (χ4v) is 3.13. The number of aliphatic carboxylic acids is 1. The minimum absolute atomic E-state index is 0.0677. The van der Waals surface area contributed by atoms with Crippen molar-refractivity contribution in [3.63, 3.8) is 0 Å². The highest BCUT2D eigenvalue weighted by molar-refractivity contribution is 7.94. The molecule has 1 aliphatic heterocycles. The van der Waals surface area contributed by atoms with E-state index in [9.17, 15) is 18.3 Å². The third-order valence-electron chi connectivity index (χ3n) is 3.13. The first-order chi connectivity index (χ1) is 8.24. The van der Waals surface area contributed by atoms with Gasteiger partial charge in [0.05, 0.1) is 11.1 Å². The summed E-state index contributed by atoms with van der Waals surface area (Å²) in [5.41, 5.74) is -0.560. The third-order valence-corrected chi connectivity index (χ3v) is 4.58. The van der Waals surface area contributed by atoms with Crippen molar-refractivity contribution in [1.82, 2.24) is 5.32 Å². The number of sulfonamides is 1. The standard InChI is InChI=1S/C11H14N2O4S/c1-7-12-8-3-5-11(2,10(14)15)6-4-9(8)18(16,17)13-7/h3-4H,5-6H2,1-2H3,(H,12,13)(H,14,15). The summed E-state index contributed by atoms with van der Waals surface area (Å²) in [7, 11) is -3.71. The van der Waals surface area contributed by atoms with Crippen molar-refractivity contribution in [3.8, 4) is 0 Å². The maximum Gasteiger partial charge on any atom is 0.309 e. The molecule has 7 heteroatoms. The molecule has 98 valence electrons. The van der Waals surface area contributed by atoms with Gasteiger partial charge in [-0.1, -0.05) is 12.2 Å². The molecule has 0 aromatic rings. The van der Waals surface area contributed by atoms with Crippen LogP contribution in [0.2, 0.25) is 0 Å². The molecular weight excluding hydrogens is 256 g/mol. The van der Waals surface area contributed by atoms with Crippen LogP contribution >= 0.6 is 0 Å². The van der Waals surface area contributed by atoms with Crippen molar-refractivity contribution in [1.29, 1.82) is 0 Å². The number of nitrogens with zero attached hydrogens (tertiary/aromatic N) is 1. The molecule has 1 atom stereocenters. The Kier molecular flexibility index (Phi) is 2.81. The van der Waals surface area contributed by atoms with Crippen molar-refractivity contribution < 1.29 is 18.3 Å². The topological polar surface area (TPSA) is 95.8 Å². The van der Waals surface area contributed by atoms with Crippen LogP contribution in [0.25, 0.3) is 0 Å². The fourth-order valence-electron chi connectivity index (χ4n) is 1.92. The summed E-state index contributed by atoms with van der Waals surface area (Å²) in [5, 5.41) is 12.0. The summed E-state index contributed by atoms with van der Waals surface area (Å²) in [4.78, 5) is 11.3. The van der Waals surface area contributed by atoms with Gasteiger partial charge in [0.2, 0.25) is 0 Å². The summed E-state index contributed by atoms with van der Waals surface area (Å²) < 4.78 is 27.3. The fraction of sp³-hybridized carbons (Fsp3) is 0.455. The first-order valence-corrected chi connectivity index (χ1v) is 6.91. The summed E-state index contributed by atoms with van der Waals surface area (Å²) in [5.74, 6) is -0.651. The van der Waals surface area contributed by atoms with E-state index in [1.165, 1.54) is 6.08 Å². The van der Waals surface area contributed by atoms with Crippen LogP contribution in [0.1, 0.15) is 26.7 Å². The Hall–Kier alpha value is -1.63. The summed E-state index contributed by atoms with van der Waals surface area (Å²) in [6.45, 7) is 3.15. The number of carboxylic acid groups (broad SMARTS) is 1. The highest BCUT2D eigenvalue weighted by atomic mass is 32.2. The minimum Gasteiger partial charge on any atom is -0.481 e. The number of carbonyl (C=O) groups is 1. The van der Waals surface area contributed by atoms with Gasteiger partial charge in [0, 0.05) is 0 Å². The SMILES string of the molecule is CC1=NS(=O)(=O)C2=CCC(C)(C(=O)O)CC=C2N1. The quantitative estimate of drug-likeness (QED) is 0.740. The van der Waals surface area contributed by atoms with E-state index in [4.69, 9.17) is 0 Å². The predicted octanol–water partition coefficient (Wildman–Crippen LogP) is 0.990. The average Bonchev–Trinajstić information content (AvgIpc) is 2.39. The number of allylic oxidation sites excluding steroid dienone is 2. The average molecular weight is 270 g/mol. The van der Waals surface area contributed by atoms with Gasteiger partial charge in [-0.2, -0.15) is 8.42 Å². The Morgan fingerprint density at radius 1 is 1.44 bits per heavy atom. The van der Waals surface area contributed by atoms with Gasteiger partial charge < -0.3 is 10.4 Å². The number of amidine groups is 1. The van der Waals surface area contributed by atoms with Crippen LogP contribution in [-0.2, 0) is 14.8 Å². The predicted molar refractivity (Wildman–Crippen MR) is 66.3 cm³/mol. The van der Waals surface area contributed by atoms with Crippen LogP contribution in [0.15, 0.2) is 27.2 Å². The molecule has 0 saturated heterocycles. The van der Waals surface area contributed by atoms with Gasteiger partial charge in [-0.25, -0.2) is 0 Å². The Bertz CT molecular complexity index is 601. The number of rotatable bonds is 1. The van der Waals surface area contributed by atoms with E-state index < -0.39 is 21.4 Å². The zero-order valence-corrected chi connectivity index (χ0v) is 10.9. The normalized spacial score (nSPS) is 30.0. The van der Waals surface area contributed by atoms with E-state index in [0.717, 1.165) is 0 Å². The lowest BCUT2D eigenvalue weighted by Crippen LogP contribution is -2.29. The molecular formula is C11H14N2O4S. The van der Waals surface area contributed by atoms with E-state index in [1.807, 2.05) is 0 Å². The molecule has 0 spiro atoms. The molecule has 1 heterocycles. The third kappa shape index (κ3) is 2.05. The summed E-state index contributed by atoms with van der Waals surface area (Å²) >= 11 is 0. The lowest BCUT2D eigenvalue weighted by molar-refractivity contribution is -0.147. The van der Waals surface area contributed by atoms with Crippen LogP contribution in [0.4, 0.5) is 0 Å². The lowest BCUT2D eigenvalue weighted by atomic mass is 9.84. The zero-order chi connectivity index (χ0) is 13.6. The van der Waals surface area contributed by atoms with Crippen molar-refractivity contribution in [2.45, 2.75) is 26.7 Å². The van der Waals surface area contributed by atoms with Gasteiger partial charge >= 0.3 is 5.97 Å². The Labute approximate surface area is 105 Å². The molecule has 1 aliphatic carbocycles. The number of hydrogen-bond acceptors (Lipinski definition) is 4. The molecule has 2 rings (SSSR count). The number of hydrogen-bond donors (Lipinski definition) is 2. The van der Waals surface area contributed by atoms with E-state index in [0.29, 0.717) is 5.70 Å². The highest BCUT2D eigenvalue weighted by Gasteiger charge is 2.36. The highest BCUT2D eigenvalue weighted by Crippen LogP contribution is 2.35. The maximum atomic E-state index is 11.9. The summed E-state index contributed by atoms with van der Waals surface area (Å²) in [6, 6.07) is 0. The van der Waals surface area contributed by atoms with Gasteiger partial charge in [0.15, 0.2) is 0 Å². The second-order valence-electron chi connectivity index (χ2n) is 4.74. The van der Waals surface area contributed by atoms with Gasteiger partial charge in [0.1, 0.15) is 10.7 Å². The van der Waals surface area contributed by atoms with Crippen molar-refractivity contribution in [2.24, 2.45) is 9.81 Å². The molecule has 0 amide bonds. The largest absolute Gasteiger partial charge is 0.481 e. The van der Waals surface area contributed by atoms with Gasteiger partial charge in [-0.3, -0.25) is 4.79 Å². The van der Waals surface area contributed by atoms with E-state index >= 15 is 0 Å². The van der Waals surface area contributed by atoms with Crippen molar-refractivity contribution in [3.05, 3.63) is 22.8 Å². The van der Waals surface area contributed by atoms with Crippen LogP contribution < -0.4 is 5.32 Å². The smallest absolute Gasteiger partial charge is 0.309 e. The molecule has 2 aliphatic rings. The molecule has 0 saturated carbocycles. The van der Waals surface area contributed by atoms with Crippen LogP contribution in [0.5, 0.6) is 0 Å². The molecule has 18 heavy (non-hydrogen) atoms. The minimum atomic E-state index is -3.71. The van der Waals surface area contributed by atoms with Crippen molar-refractivity contribution in [2.75, 3.05) is 0 Å². The van der Waals surface area contributed by atoms with E-state index in [-0.39, 0.29) is 23.6 Å². The number of carboxylic acids is 1. The second-order valence-corrected chi connectivity index (χ2v) is 6.31. The Morgan fingerprint density at radius 2 is 2.06 bits per heavy atom. The maximum absolute atomic E-state index is 11.9. The lowest BCUT2D eigenvalue weighted by Gasteiger charge is -2.19. The van der Waals surface area contributed by atoms with Crippen LogP contribution in [0, 0.1) is 5.41 Å².